The molecule has 5 nitrogen and oxygen atoms in total. The first kappa shape index (κ1) is 21.3. The van der Waals surface area contributed by atoms with Gasteiger partial charge in [-0.2, -0.15) is 0 Å². The molecule has 126 valence electrons. The number of rotatable bonds is 7. The molecule has 0 bridgehead atoms. The van der Waals surface area contributed by atoms with Gasteiger partial charge in [0.15, 0.2) is 5.96 Å². The van der Waals surface area contributed by atoms with Crippen LogP contribution in [0.15, 0.2) is 23.2 Å². The molecule has 1 aromatic carbocycles. The number of likely N-dealkylation sites (N-methyl/N-ethyl adjacent to an activating group) is 1. The van der Waals surface area contributed by atoms with Crippen molar-refractivity contribution in [3.8, 4) is 5.75 Å². The smallest absolute Gasteiger partial charge is 0.193 e. The van der Waals surface area contributed by atoms with Gasteiger partial charge in [-0.05, 0) is 38.2 Å². The Labute approximate surface area is 155 Å². The summed E-state index contributed by atoms with van der Waals surface area (Å²) in [5, 5.41) is 3.57. The van der Waals surface area contributed by atoms with Gasteiger partial charge in [-0.1, -0.05) is 25.4 Å². The molecule has 0 saturated carbocycles. The van der Waals surface area contributed by atoms with Crippen LogP contribution in [0.25, 0.3) is 0 Å². The monoisotopic (exact) mass is 440 g/mol. The van der Waals surface area contributed by atoms with E-state index in [9.17, 15) is 0 Å². The molecule has 0 aromatic heterocycles. The van der Waals surface area contributed by atoms with Crippen molar-refractivity contribution in [1.29, 1.82) is 0 Å². The zero-order valence-electron chi connectivity index (χ0n) is 13.6. The fourth-order valence-electron chi connectivity index (χ4n) is 2.12. The van der Waals surface area contributed by atoms with Crippen LogP contribution in [0.2, 0.25) is 5.02 Å². The van der Waals surface area contributed by atoms with Crippen LogP contribution in [0, 0.1) is 0 Å². The van der Waals surface area contributed by atoms with Crippen molar-refractivity contribution in [2.45, 2.75) is 26.8 Å². The van der Waals surface area contributed by atoms with E-state index in [1.165, 1.54) is 0 Å². The lowest BCUT2D eigenvalue weighted by Gasteiger charge is -2.24. The molecule has 7 heteroatoms. The van der Waals surface area contributed by atoms with Gasteiger partial charge >= 0.3 is 0 Å². The first-order valence-corrected chi connectivity index (χ1v) is 7.54. The van der Waals surface area contributed by atoms with E-state index in [1.54, 1.807) is 19.2 Å². The highest BCUT2D eigenvalue weighted by molar-refractivity contribution is 14.0. The zero-order chi connectivity index (χ0) is 15.8. The van der Waals surface area contributed by atoms with Crippen molar-refractivity contribution < 1.29 is 4.74 Å². The molecule has 0 aliphatic heterocycles. The summed E-state index contributed by atoms with van der Waals surface area (Å²) in [5.74, 6) is 1.02. The molecule has 0 heterocycles. The third-order valence-corrected chi connectivity index (χ3v) is 3.68. The quantitative estimate of drug-likeness (QED) is 0.387. The lowest BCUT2D eigenvalue weighted by Crippen LogP contribution is -2.36. The molecule has 0 spiro atoms. The minimum atomic E-state index is 0. The number of guanidine groups is 1. The number of benzene rings is 1. The van der Waals surface area contributed by atoms with Gasteiger partial charge in [0.05, 0.1) is 18.7 Å². The Morgan fingerprint density at radius 1 is 1.41 bits per heavy atom. The third-order valence-electron chi connectivity index (χ3n) is 3.39. The van der Waals surface area contributed by atoms with Crippen molar-refractivity contribution >= 4 is 47.2 Å². The van der Waals surface area contributed by atoms with Gasteiger partial charge in [0, 0.05) is 11.7 Å². The lowest BCUT2D eigenvalue weighted by molar-refractivity contribution is 0.237. The molecule has 0 aliphatic rings. The van der Waals surface area contributed by atoms with E-state index in [-0.39, 0.29) is 24.0 Å². The van der Waals surface area contributed by atoms with E-state index in [1.807, 2.05) is 6.07 Å². The normalized spacial score (nSPS) is 12.7. The van der Waals surface area contributed by atoms with Crippen LogP contribution in [-0.4, -0.2) is 43.6 Å². The second kappa shape index (κ2) is 10.9. The number of methoxy groups -OCH3 is 1. The number of hydrogen-bond acceptors (Lipinski definition) is 3. The topological polar surface area (TPSA) is 62.9 Å². The Hall–Kier alpha value is -0.730. The van der Waals surface area contributed by atoms with E-state index in [2.05, 4.69) is 36.0 Å². The zero-order valence-corrected chi connectivity index (χ0v) is 16.7. The maximum Gasteiger partial charge on any atom is 0.193 e. The van der Waals surface area contributed by atoms with Crippen LogP contribution in [0.5, 0.6) is 5.75 Å². The molecule has 0 aliphatic carbocycles. The summed E-state index contributed by atoms with van der Waals surface area (Å²) in [7, 11) is 1.58. The molecule has 3 N–H and O–H groups in total. The Balaban J connectivity index is 0.00000441. The highest BCUT2D eigenvalue weighted by atomic mass is 127. The van der Waals surface area contributed by atoms with Crippen LogP contribution in [0.4, 0.5) is 5.69 Å². The van der Waals surface area contributed by atoms with E-state index >= 15 is 0 Å². The molecular weight excluding hydrogens is 415 g/mol. The predicted molar refractivity (Wildman–Crippen MR) is 106 cm³/mol. The molecule has 1 aromatic rings. The molecule has 1 rings (SSSR count). The molecule has 22 heavy (non-hydrogen) atoms. The maximum absolute atomic E-state index is 6.07. The minimum absolute atomic E-state index is 0. The summed E-state index contributed by atoms with van der Waals surface area (Å²) in [4.78, 5) is 6.71. The van der Waals surface area contributed by atoms with Crippen molar-refractivity contribution in [3.63, 3.8) is 0 Å². The van der Waals surface area contributed by atoms with Crippen LogP contribution >= 0.6 is 35.6 Å². The number of aliphatic imine (C=N–C) groups is 1. The molecule has 0 saturated heterocycles. The summed E-state index contributed by atoms with van der Waals surface area (Å²) in [6, 6.07) is 5.76. The number of ether oxygens (including phenoxy) is 1. The van der Waals surface area contributed by atoms with Gasteiger partial charge in [-0.25, -0.2) is 0 Å². The van der Waals surface area contributed by atoms with Crippen molar-refractivity contribution in [3.05, 3.63) is 23.2 Å². The minimum Gasteiger partial charge on any atom is -0.495 e. The molecule has 0 fully saturated rings. The molecule has 1 unspecified atom stereocenters. The van der Waals surface area contributed by atoms with Gasteiger partial charge in [-0.3, -0.25) is 9.89 Å². The summed E-state index contributed by atoms with van der Waals surface area (Å²) < 4.78 is 5.11. The largest absolute Gasteiger partial charge is 0.495 e. The molecule has 0 radical (unpaired) electrons. The van der Waals surface area contributed by atoms with E-state index in [0.717, 1.165) is 18.8 Å². The van der Waals surface area contributed by atoms with Gasteiger partial charge < -0.3 is 15.8 Å². The number of nitrogens with one attached hydrogen (secondary N) is 1. The average molecular weight is 441 g/mol. The van der Waals surface area contributed by atoms with Crippen molar-refractivity contribution in [1.82, 2.24) is 4.90 Å². The van der Waals surface area contributed by atoms with Crippen LogP contribution < -0.4 is 15.8 Å². The molecule has 0 amide bonds. The van der Waals surface area contributed by atoms with E-state index < -0.39 is 0 Å². The van der Waals surface area contributed by atoms with E-state index in [4.69, 9.17) is 22.1 Å². The number of nitrogens with two attached hydrogens (primary N) is 1. The van der Waals surface area contributed by atoms with Gasteiger partial charge in [0.2, 0.25) is 0 Å². The Bertz CT molecular complexity index is 481. The second-order valence-corrected chi connectivity index (χ2v) is 5.18. The highest BCUT2D eigenvalue weighted by Crippen LogP contribution is 2.26. The van der Waals surface area contributed by atoms with Crippen LogP contribution in [0.1, 0.15) is 20.8 Å². The van der Waals surface area contributed by atoms with Gasteiger partial charge in [0.25, 0.3) is 0 Å². The molecule has 1 atom stereocenters. The standard InChI is InChI=1S/C15H25ClN4O.HI/c1-5-20(6-2)11(3)10-18-15(17)19-12-7-8-14(21-4)13(16)9-12;/h7-9,11H,5-6,10H2,1-4H3,(H3,17,18,19);1H. The summed E-state index contributed by atoms with van der Waals surface area (Å²) in [6.07, 6.45) is 0. The highest BCUT2D eigenvalue weighted by Gasteiger charge is 2.09. The average Bonchev–Trinajstić information content (AvgIpc) is 2.46. The van der Waals surface area contributed by atoms with Crippen molar-refractivity contribution in [2.75, 3.05) is 32.1 Å². The van der Waals surface area contributed by atoms with Gasteiger partial charge in [-0.15, -0.1) is 24.0 Å². The first-order valence-electron chi connectivity index (χ1n) is 7.16. The van der Waals surface area contributed by atoms with Gasteiger partial charge in [0.1, 0.15) is 5.75 Å². The first-order chi connectivity index (χ1) is 10.0. The molecular formula is C15H26ClIN4O. The summed E-state index contributed by atoms with van der Waals surface area (Å²) >= 11 is 6.07. The van der Waals surface area contributed by atoms with Crippen LogP contribution in [-0.2, 0) is 0 Å². The number of hydrogen-bond donors (Lipinski definition) is 2. The number of anilines is 1. The second-order valence-electron chi connectivity index (χ2n) is 4.77. The number of nitrogens with zero attached hydrogens (tertiary/aromatic N) is 2. The fourth-order valence-corrected chi connectivity index (χ4v) is 2.38. The Morgan fingerprint density at radius 3 is 2.55 bits per heavy atom. The lowest BCUT2D eigenvalue weighted by atomic mass is 10.3. The summed E-state index contributed by atoms with van der Waals surface area (Å²) in [6.45, 7) is 9.11. The van der Waals surface area contributed by atoms with Crippen LogP contribution in [0.3, 0.4) is 0 Å². The number of halogens is 2. The third kappa shape index (κ3) is 6.58. The Morgan fingerprint density at radius 2 is 2.05 bits per heavy atom. The SMILES string of the molecule is CCN(CC)C(C)CN=C(N)Nc1ccc(OC)c(Cl)c1.I. The van der Waals surface area contributed by atoms with E-state index in [0.29, 0.717) is 29.3 Å². The Kier molecular flexibility index (Phi) is 10.5. The maximum atomic E-state index is 6.07. The predicted octanol–water partition coefficient (Wildman–Crippen LogP) is 3.42. The summed E-state index contributed by atoms with van der Waals surface area (Å²) in [5.41, 5.74) is 6.69. The van der Waals surface area contributed by atoms with Crippen molar-refractivity contribution in [2.24, 2.45) is 10.7 Å². The fraction of sp³-hybridized carbons (Fsp3) is 0.533.